The molecule has 9 unspecified atom stereocenters. The predicted octanol–water partition coefficient (Wildman–Crippen LogP) is 7.18. The summed E-state index contributed by atoms with van der Waals surface area (Å²) in [4.78, 5) is 46.5. The van der Waals surface area contributed by atoms with Gasteiger partial charge >= 0.3 is 5.97 Å². The number of carbonyl (C=O) groups is 3. The van der Waals surface area contributed by atoms with Gasteiger partial charge in [0.05, 0.1) is 47.0 Å². The highest BCUT2D eigenvalue weighted by Crippen LogP contribution is 2.43. The highest BCUT2D eigenvalue weighted by Gasteiger charge is 2.58. The molecule has 2 aromatic rings. The Morgan fingerprint density at radius 2 is 1.74 bits per heavy atom. The second kappa shape index (κ2) is 18.1. The van der Waals surface area contributed by atoms with E-state index in [0.717, 1.165) is 0 Å². The van der Waals surface area contributed by atoms with Crippen LogP contribution >= 0.6 is 23.2 Å². The number of nitrogens with one attached hydrogen (secondary N) is 1. The van der Waals surface area contributed by atoms with Crippen molar-refractivity contribution in [1.29, 1.82) is 0 Å². The van der Waals surface area contributed by atoms with Crippen molar-refractivity contribution in [2.75, 3.05) is 32.7 Å². The van der Waals surface area contributed by atoms with Crippen LogP contribution in [0.2, 0.25) is 10.0 Å². The van der Waals surface area contributed by atoms with Crippen LogP contribution in [0.25, 0.3) is 0 Å². The SMILES string of the molecule is CCC1OC(=O)C(C)CC(C)CC(C)(OC)CC(C)C(=O)C(C)C2N(CCCOc3cc(C(=O)Nc4c(Cl)cncc4Cl)ccc3OC)C(O)OC12C. The number of anilines is 1. The number of benzene rings is 1. The van der Waals surface area contributed by atoms with Gasteiger partial charge in [-0.1, -0.05) is 57.8 Å². The molecule has 53 heavy (non-hydrogen) atoms. The maximum absolute atomic E-state index is 14.3. The molecule has 0 saturated carbocycles. The molecule has 2 fully saturated rings. The van der Waals surface area contributed by atoms with Gasteiger partial charge in [-0.15, -0.1) is 0 Å². The van der Waals surface area contributed by atoms with Gasteiger partial charge in [0, 0.05) is 43.4 Å². The fourth-order valence-electron chi connectivity index (χ4n) is 8.19. The maximum Gasteiger partial charge on any atom is 0.309 e. The molecular weight excluding hydrogens is 725 g/mol. The molecule has 0 aliphatic carbocycles. The minimum atomic E-state index is -1.37. The van der Waals surface area contributed by atoms with Crippen LogP contribution in [0.15, 0.2) is 30.6 Å². The summed E-state index contributed by atoms with van der Waals surface area (Å²) in [6.45, 7) is 13.9. The smallest absolute Gasteiger partial charge is 0.309 e. The van der Waals surface area contributed by atoms with E-state index in [4.69, 9.17) is 46.9 Å². The number of pyridine rings is 1. The molecule has 12 nitrogen and oxygen atoms in total. The summed E-state index contributed by atoms with van der Waals surface area (Å²) in [6.07, 6.45) is 3.30. The van der Waals surface area contributed by atoms with Crippen molar-refractivity contribution in [3.8, 4) is 11.5 Å². The van der Waals surface area contributed by atoms with Crippen molar-refractivity contribution >= 4 is 46.5 Å². The molecule has 2 aliphatic rings. The molecule has 9 atom stereocenters. The molecule has 2 saturated heterocycles. The zero-order chi connectivity index (χ0) is 39.2. The first kappa shape index (κ1) is 42.7. The number of cyclic esters (lactones) is 1. The number of ketones is 1. The molecule has 0 radical (unpaired) electrons. The number of nitrogens with zero attached hydrogens (tertiary/aromatic N) is 2. The molecule has 1 amide bonds. The molecule has 1 aromatic heterocycles. The summed E-state index contributed by atoms with van der Waals surface area (Å²) in [5.41, 5.74) is -1.26. The number of Topliss-reactive ketones (excluding diaryl/α,β-unsaturated/α-hetero) is 1. The Hall–Kier alpha value is -3.00. The molecule has 4 rings (SSSR count). The third-order valence-corrected chi connectivity index (χ3v) is 11.3. The molecular formula is C39H55Cl2N3O9. The summed E-state index contributed by atoms with van der Waals surface area (Å²) in [5, 5.41) is 14.5. The number of hydrogen-bond acceptors (Lipinski definition) is 11. The Labute approximate surface area is 323 Å². The third-order valence-electron chi connectivity index (χ3n) is 10.8. The standard InChI is InChI=1S/C39H55Cl2N3O9/c1-10-31-39(7)34(25(5)33(45)24(4)19-38(6,50-9)18-22(2)16-23(3)36(47)52-31)44(37(48)53-39)14-11-15-51-30-17-26(12-13-29(30)49-8)35(46)43-32-27(40)20-42-21-28(32)41/h12-13,17,20-25,31,34,37,48H,10-11,14-16,18-19H2,1-9H3,(H,42,43,46). The summed E-state index contributed by atoms with van der Waals surface area (Å²) in [5.74, 6) is -1.21. The van der Waals surface area contributed by atoms with Gasteiger partial charge in [-0.2, -0.15) is 0 Å². The number of amides is 1. The van der Waals surface area contributed by atoms with Crippen molar-refractivity contribution in [3.05, 3.63) is 46.2 Å². The normalized spacial score (nSPS) is 31.7. The Morgan fingerprint density at radius 3 is 2.36 bits per heavy atom. The van der Waals surface area contributed by atoms with Crippen LogP contribution in [0.1, 0.15) is 90.9 Å². The maximum atomic E-state index is 14.3. The van der Waals surface area contributed by atoms with Crippen molar-refractivity contribution in [1.82, 2.24) is 9.88 Å². The second-order valence-corrected chi connectivity index (χ2v) is 15.9. The summed E-state index contributed by atoms with van der Waals surface area (Å²) < 4.78 is 30.1. The van der Waals surface area contributed by atoms with E-state index in [9.17, 15) is 19.5 Å². The van der Waals surface area contributed by atoms with E-state index < -0.39 is 41.6 Å². The lowest BCUT2D eigenvalue weighted by Gasteiger charge is -2.42. The van der Waals surface area contributed by atoms with Gasteiger partial charge in [-0.25, -0.2) is 4.90 Å². The number of fused-ring (bicyclic) bond motifs is 1. The molecule has 3 heterocycles. The number of aliphatic hydroxyl groups is 1. The number of aromatic nitrogens is 1. The van der Waals surface area contributed by atoms with Crippen LogP contribution in [0.4, 0.5) is 5.69 Å². The van der Waals surface area contributed by atoms with E-state index in [1.807, 2.05) is 41.5 Å². The zero-order valence-electron chi connectivity index (χ0n) is 32.2. The number of aliphatic hydroxyl groups excluding tert-OH is 1. The van der Waals surface area contributed by atoms with E-state index in [1.54, 1.807) is 30.2 Å². The van der Waals surface area contributed by atoms with Crippen LogP contribution < -0.4 is 14.8 Å². The van der Waals surface area contributed by atoms with Gasteiger partial charge in [0.1, 0.15) is 17.5 Å². The lowest BCUT2D eigenvalue weighted by Crippen LogP contribution is -2.58. The van der Waals surface area contributed by atoms with Gasteiger partial charge in [0.2, 0.25) is 6.41 Å². The van der Waals surface area contributed by atoms with Crippen LogP contribution in [-0.4, -0.2) is 89.8 Å². The van der Waals surface area contributed by atoms with E-state index in [-0.39, 0.29) is 64.0 Å². The lowest BCUT2D eigenvalue weighted by atomic mass is 9.74. The number of esters is 1. The highest BCUT2D eigenvalue weighted by atomic mass is 35.5. The van der Waals surface area contributed by atoms with Crippen LogP contribution in [0.5, 0.6) is 11.5 Å². The molecule has 0 bridgehead atoms. The predicted molar refractivity (Wildman–Crippen MR) is 202 cm³/mol. The van der Waals surface area contributed by atoms with Gasteiger partial charge < -0.3 is 34.1 Å². The number of hydrogen-bond donors (Lipinski definition) is 2. The average molecular weight is 781 g/mol. The number of carbonyl (C=O) groups excluding carboxylic acids is 3. The Bertz CT molecular complexity index is 1590. The molecule has 1 aromatic carbocycles. The number of methoxy groups -OCH3 is 2. The third kappa shape index (κ3) is 9.82. The average Bonchev–Trinajstić information content (AvgIpc) is 3.37. The minimum Gasteiger partial charge on any atom is -0.493 e. The Kier molecular flexibility index (Phi) is 14.6. The van der Waals surface area contributed by atoms with Crippen molar-refractivity contribution < 1.29 is 43.2 Å². The molecule has 2 aliphatic heterocycles. The van der Waals surface area contributed by atoms with E-state index >= 15 is 0 Å². The molecule has 294 valence electrons. The lowest BCUT2D eigenvalue weighted by molar-refractivity contribution is -0.208. The van der Waals surface area contributed by atoms with Gasteiger partial charge in [0.15, 0.2) is 11.5 Å². The number of halogens is 2. The Balaban J connectivity index is 1.56. The fourth-order valence-corrected chi connectivity index (χ4v) is 8.65. The first-order valence-electron chi connectivity index (χ1n) is 18.3. The van der Waals surface area contributed by atoms with E-state index in [1.165, 1.54) is 19.5 Å². The van der Waals surface area contributed by atoms with Crippen LogP contribution in [0.3, 0.4) is 0 Å². The van der Waals surface area contributed by atoms with Crippen molar-refractivity contribution in [2.45, 2.75) is 110 Å². The second-order valence-electron chi connectivity index (χ2n) is 15.0. The topological polar surface area (TPSA) is 146 Å². The van der Waals surface area contributed by atoms with E-state index in [0.29, 0.717) is 43.6 Å². The number of rotatable bonds is 10. The van der Waals surface area contributed by atoms with Gasteiger partial charge in [-0.05, 0) is 70.1 Å². The fraction of sp³-hybridized carbons (Fsp3) is 0.641. The zero-order valence-corrected chi connectivity index (χ0v) is 33.8. The van der Waals surface area contributed by atoms with Crippen LogP contribution in [-0.2, 0) is 23.8 Å². The van der Waals surface area contributed by atoms with Gasteiger partial charge in [0.25, 0.3) is 5.91 Å². The summed E-state index contributed by atoms with van der Waals surface area (Å²) in [6, 6.07) is 4.13. The van der Waals surface area contributed by atoms with Crippen LogP contribution in [0, 0.1) is 23.7 Å². The first-order valence-corrected chi connectivity index (χ1v) is 19.1. The van der Waals surface area contributed by atoms with E-state index in [2.05, 4.69) is 17.2 Å². The highest BCUT2D eigenvalue weighted by molar-refractivity contribution is 6.39. The molecule has 14 heteroatoms. The van der Waals surface area contributed by atoms with Crippen molar-refractivity contribution in [3.63, 3.8) is 0 Å². The molecule has 2 N–H and O–H groups in total. The quantitative estimate of drug-likeness (QED) is 0.187. The van der Waals surface area contributed by atoms with Crippen molar-refractivity contribution in [2.24, 2.45) is 23.7 Å². The molecule has 0 spiro atoms. The van der Waals surface area contributed by atoms with Gasteiger partial charge in [-0.3, -0.25) is 19.4 Å². The number of ether oxygens (including phenoxy) is 5. The minimum absolute atomic E-state index is 0.0110. The first-order chi connectivity index (χ1) is 25.0. The summed E-state index contributed by atoms with van der Waals surface area (Å²) >= 11 is 12.4. The monoisotopic (exact) mass is 779 g/mol. The Morgan fingerprint density at radius 1 is 1.06 bits per heavy atom. The largest absolute Gasteiger partial charge is 0.493 e. The summed E-state index contributed by atoms with van der Waals surface area (Å²) in [7, 11) is 3.16.